The molecule has 0 heterocycles. The number of nitrogens with one attached hydrogen (secondary N) is 1. The highest BCUT2D eigenvalue weighted by Gasteiger charge is 2.16. The lowest BCUT2D eigenvalue weighted by Gasteiger charge is -2.22. The van der Waals surface area contributed by atoms with Crippen LogP contribution >= 0.6 is 11.6 Å². The molecule has 1 N–H and O–H groups in total. The first-order chi connectivity index (χ1) is 10.2. The average Bonchev–Trinajstić information content (AvgIpc) is 2.52. The molecule has 112 valence electrons. The van der Waals surface area contributed by atoms with Gasteiger partial charge in [0.15, 0.2) is 0 Å². The largest absolute Gasteiger partial charge is 0.306 e. The maximum Gasteiger partial charge on any atom is 0.0579 e. The van der Waals surface area contributed by atoms with Crippen LogP contribution in [0.1, 0.15) is 48.6 Å². The van der Waals surface area contributed by atoms with Gasteiger partial charge in [-0.15, -0.1) is 0 Å². The highest BCUT2D eigenvalue weighted by Crippen LogP contribution is 2.29. The molecule has 0 radical (unpaired) electrons. The molecule has 0 aliphatic heterocycles. The summed E-state index contributed by atoms with van der Waals surface area (Å²) in [5.74, 6) is 0. The molecule has 1 unspecified atom stereocenters. The second-order valence-electron chi connectivity index (χ2n) is 5.44. The number of aryl methyl sites for hydroxylation is 1. The van der Waals surface area contributed by atoms with Crippen molar-refractivity contribution in [1.82, 2.24) is 5.32 Å². The molecule has 0 aliphatic rings. The van der Waals surface area contributed by atoms with Gasteiger partial charge in [0.05, 0.1) is 6.04 Å². The van der Waals surface area contributed by atoms with Crippen molar-refractivity contribution in [1.29, 1.82) is 0 Å². The van der Waals surface area contributed by atoms with Crippen LogP contribution in [-0.2, 0) is 6.42 Å². The second-order valence-corrected chi connectivity index (χ2v) is 5.85. The fraction of sp³-hybridized carbons (Fsp3) is 0.368. The normalized spacial score (nSPS) is 12.4. The Kier molecular flexibility index (Phi) is 5.84. The minimum atomic E-state index is 0.204. The Morgan fingerprint density at radius 2 is 1.86 bits per heavy atom. The van der Waals surface area contributed by atoms with E-state index in [4.69, 9.17) is 11.6 Å². The van der Waals surface area contributed by atoms with Gasteiger partial charge in [-0.05, 0) is 54.6 Å². The van der Waals surface area contributed by atoms with Crippen LogP contribution in [0.25, 0.3) is 0 Å². The Balaban J connectivity index is 2.44. The molecule has 0 bridgehead atoms. The summed E-state index contributed by atoms with van der Waals surface area (Å²) in [6, 6.07) is 15.2. The van der Waals surface area contributed by atoms with Crippen LogP contribution in [-0.4, -0.2) is 6.54 Å². The Labute approximate surface area is 133 Å². The van der Waals surface area contributed by atoms with Gasteiger partial charge in [0.1, 0.15) is 0 Å². The van der Waals surface area contributed by atoms with Crippen molar-refractivity contribution in [3.63, 3.8) is 0 Å². The number of hydrogen-bond acceptors (Lipinski definition) is 1. The first-order valence-corrected chi connectivity index (χ1v) is 8.12. The molecule has 0 aliphatic carbocycles. The Morgan fingerprint density at radius 1 is 1.10 bits per heavy atom. The lowest BCUT2D eigenvalue weighted by Crippen LogP contribution is -2.24. The summed E-state index contributed by atoms with van der Waals surface area (Å²) in [5.41, 5.74) is 5.11. The highest BCUT2D eigenvalue weighted by molar-refractivity contribution is 6.31. The molecule has 0 amide bonds. The van der Waals surface area contributed by atoms with E-state index in [0.717, 1.165) is 30.0 Å². The van der Waals surface area contributed by atoms with E-state index in [0.29, 0.717) is 0 Å². The van der Waals surface area contributed by atoms with E-state index in [1.165, 1.54) is 16.7 Å². The first-order valence-electron chi connectivity index (χ1n) is 7.74. The first kappa shape index (κ1) is 16.1. The van der Waals surface area contributed by atoms with Gasteiger partial charge in [-0.25, -0.2) is 0 Å². The van der Waals surface area contributed by atoms with E-state index in [2.05, 4.69) is 56.4 Å². The van der Waals surface area contributed by atoms with E-state index in [1.807, 2.05) is 12.1 Å². The molecule has 1 nitrogen and oxygen atoms in total. The van der Waals surface area contributed by atoms with E-state index in [1.54, 1.807) is 0 Å². The van der Waals surface area contributed by atoms with Crippen LogP contribution in [0.3, 0.4) is 0 Å². The van der Waals surface area contributed by atoms with Gasteiger partial charge < -0.3 is 5.32 Å². The quantitative estimate of drug-likeness (QED) is 0.763. The third kappa shape index (κ3) is 3.87. The third-order valence-electron chi connectivity index (χ3n) is 3.91. The summed E-state index contributed by atoms with van der Waals surface area (Å²) in [6.45, 7) is 7.48. The molecule has 2 aromatic rings. The van der Waals surface area contributed by atoms with Gasteiger partial charge >= 0.3 is 0 Å². The SMILES string of the molecule is CCCNC(c1cccc(CC)c1)c1cccc(Cl)c1C. The van der Waals surface area contributed by atoms with Crippen molar-refractivity contribution in [3.8, 4) is 0 Å². The second kappa shape index (κ2) is 7.63. The van der Waals surface area contributed by atoms with Crippen LogP contribution in [0.4, 0.5) is 0 Å². The lowest BCUT2D eigenvalue weighted by atomic mass is 9.93. The van der Waals surface area contributed by atoms with Gasteiger partial charge in [0, 0.05) is 5.02 Å². The Morgan fingerprint density at radius 3 is 2.57 bits per heavy atom. The molecule has 0 fully saturated rings. The number of benzene rings is 2. The molecule has 0 saturated carbocycles. The van der Waals surface area contributed by atoms with Crippen molar-refractivity contribution >= 4 is 11.6 Å². The fourth-order valence-electron chi connectivity index (χ4n) is 2.63. The molecule has 21 heavy (non-hydrogen) atoms. The number of hydrogen-bond donors (Lipinski definition) is 1. The van der Waals surface area contributed by atoms with Crippen LogP contribution in [0.15, 0.2) is 42.5 Å². The predicted molar refractivity (Wildman–Crippen MR) is 92.1 cm³/mol. The Hall–Kier alpha value is -1.31. The molecule has 0 saturated heterocycles. The van der Waals surface area contributed by atoms with E-state index in [9.17, 15) is 0 Å². The zero-order chi connectivity index (χ0) is 15.2. The molecule has 2 aromatic carbocycles. The Bertz CT molecular complexity index is 592. The molecule has 2 heteroatoms. The van der Waals surface area contributed by atoms with Crippen molar-refractivity contribution in [2.45, 2.75) is 39.7 Å². The summed E-state index contributed by atoms with van der Waals surface area (Å²) < 4.78 is 0. The van der Waals surface area contributed by atoms with Crippen LogP contribution in [0.5, 0.6) is 0 Å². The summed E-state index contributed by atoms with van der Waals surface area (Å²) in [4.78, 5) is 0. The minimum absolute atomic E-state index is 0.204. The maximum absolute atomic E-state index is 6.31. The molecular weight excluding hydrogens is 278 g/mol. The van der Waals surface area contributed by atoms with Crippen LogP contribution < -0.4 is 5.32 Å². The van der Waals surface area contributed by atoms with Crippen molar-refractivity contribution in [2.24, 2.45) is 0 Å². The third-order valence-corrected chi connectivity index (χ3v) is 4.32. The zero-order valence-corrected chi connectivity index (χ0v) is 13.9. The van der Waals surface area contributed by atoms with Gasteiger partial charge in [-0.3, -0.25) is 0 Å². The zero-order valence-electron chi connectivity index (χ0n) is 13.1. The monoisotopic (exact) mass is 301 g/mol. The average molecular weight is 302 g/mol. The van der Waals surface area contributed by atoms with Gasteiger partial charge in [0.2, 0.25) is 0 Å². The van der Waals surface area contributed by atoms with Crippen LogP contribution in [0.2, 0.25) is 5.02 Å². The molecule has 0 spiro atoms. The topological polar surface area (TPSA) is 12.0 Å². The van der Waals surface area contributed by atoms with Crippen LogP contribution in [0, 0.1) is 6.92 Å². The molecule has 1 atom stereocenters. The molecule has 2 rings (SSSR count). The summed E-state index contributed by atoms with van der Waals surface area (Å²) in [5, 5.41) is 4.50. The lowest BCUT2D eigenvalue weighted by molar-refractivity contribution is 0.596. The van der Waals surface area contributed by atoms with Gasteiger partial charge in [0.25, 0.3) is 0 Å². The minimum Gasteiger partial charge on any atom is -0.306 e. The number of halogens is 1. The van der Waals surface area contributed by atoms with Crippen molar-refractivity contribution < 1.29 is 0 Å². The highest BCUT2D eigenvalue weighted by atomic mass is 35.5. The number of rotatable bonds is 6. The van der Waals surface area contributed by atoms with E-state index >= 15 is 0 Å². The standard InChI is InChI=1S/C19H24ClN/c1-4-12-21-19(16-9-6-8-15(5-2)13-16)17-10-7-11-18(20)14(17)3/h6-11,13,19,21H,4-5,12H2,1-3H3. The van der Waals surface area contributed by atoms with Crippen molar-refractivity contribution in [3.05, 3.63) is 69.7 Å². The summed E-state index contributed by atoms with van der Waals surface area (Å²) in [7, 11) is 0. The van der Waals surface area contributed by atoms with E-state index < -0.39 is 0 Å². The summed E-state index contributed by atoms with van der Waals surface area (Å²) in [6.07, 6.45) is 2.17. The van der Waals surface area contributed by atoms with Crippen molar-refractivity contribution in [2.75, 3.05) is 6.54 Å². The fourth-order valence-corrected chi connectivity index (χ4v) is 2.81. The molecular formula is C19H24ClN. The maximum atomic E-state index is 6.31. The van der Waals surface area contributed by atoms with Gasteiger partial charge in [-0.1, -0.05) is 61.8 Å². The summed E-state index contributed by atoms with van der Waals surface area (Å²) >= 11 is 6.31. The molecule has 0 aromatic heterocycles. The van der Waals surface area contributed by atoms with E-state index in [-0.39, 0.29) is 6.04 Å². The predicted octanol–water partition coefficient (Wildman–Crippen LogP) is 5.30. The van der Waals surface area contributed by atoms with Gasteiger partial charge in [-0.2, -0.15) is 0 Å². The smallest absolute Gasteiger partial charge is 0.0579 e.